The summed E-state index contributed by atoms with van der Waals surface area (Å²) in [5.41, 5.74) is 2.18. The molecule has 198 valence electrons. The van der Waals surface area contributed by atoms with E-state index in [0.717, 1.165) is 37.5 Å². The van der Waals surface area contributed by atoms with Gasteiger partial charge < -0.3 is 22.7 Å². The first-order valence-corrected chi connectivity index (χ1v) is 10.9. The molecule has 1 fully saturated rings. The summed E-state index contributed by atoms with van der Waals surface area (Å²) in [7, 11) is 0. The van der Waals surface area contributed by atoms with Crippen molar-refractivity contribution < 1.29 is 22.7 Å². The zero-order valence-electron chi connectivity index (χ0n) is 20.3. The number of hydrogen-bond acceptors (Lipinski definition) is 15. The van der Waals surface area contributed by atoms with Gasteiger partial charge in [0.05, 0.1) is 38.1 Å². The Morgan fingerprint density at radius 2 is 1.71 bits per heavy atom. The molecule has 7 heterocycles. The zero-order valence-corrected chi connectivity index (χ0v) is 20.3. The van der Waals surface area contributed by atoms with E-state index in [0.29, 0.717) is 5.65 Å². The fraction of sp³-hybridized carbons (Fsp3) is 0.174. The Morgan fingerprint density at radius 3 is 2.13 bits per heavy atom. The maximum atomic E-state index is 4.83. The summed E-state index contributed by atoms with van der Waals surface area (Å²) in [6, 6.07) is 3.44. The van der Waals surface area contributed by atoms with E-state index in [1.165, 1.54) is 37.8 Å². The van der Waals surface area contributed by atoms with Crippen LogP contribution in [-0.4, -0.2) is 65.5 Å². The van der Waals surface area contributed by atoms with Crippen LogP contribution in [0.5, 0.6) is 0 Å². The molecular formula is C23H26N10O5. The van der Waals surface area contributed by atoms with Gasteiger partial charge in [-0.1, -0.05) is 16.4 Å². The number of oxazole rings is 1. The van der Waals surface area contributed by atoms with Gasteiger partial charge in [0, 0.05) is 30.6 Å². The van der Waals surface area contributed by atoms with Crippen LogP contribution in [0.1, 0.15) is 5.69 Å². The molecule has 0 amide bonds. The maximum Gasteiger partial charge on any atom is 0.181 e. The number of nitrogens with one attached hydrogen (secondary N) is 1. The van der Waals surface area contributed by atoms with Crippen LogP contribution < -0.4 is 5.32 Å². The highest BCUT2D eigenvalue weighted by atomic mass is 16.5. The predicted molar refractivity (Wildman–Crippen MR) is 132 cm³/mol. The molecule has 1 saturated heterocycles. The molecule has 0 radical (unpaired) electrons. The first-order chi connectivity index (χ1) is 18.9. The number of nitrogens with zero attached hydrogens (tertiary/aromatic N) is 9. The largest absolute Gasteiger partial charge is 0.452 e. The van der Waals surface area contributed by atoms with Crippen LogP contribution in [0.3, 0.4) is 0 Å². The van der Waals surface area contributed by atoms with Crippen molar-refractivity contribution in [3.05, 3.63) is 105 Å². The Kier molecular flexibility index (Phi) is 16.2. The molecule has 1 N–H and O–H groups in total. The minimum atomic E-state index is 0.637. The van der Waals surface area contributed by atoms with Crippen molar-refractivity contribution in [2.45, 2.75) is 6.42 Å². The fourth-order valence-electron chi connectivity index (χ4n) is 2.03. The lowest BCUT2D eigenvalue weighted by atomic mass is 10.3. The molecule has 0 spiro atoms. The van der Waals surface area contributed by atoms with Gasteiger partial charge in [0.1, 0.15) is 42.6 Å². The van der Waals surface area contributed by atoms with E-state index in [1.54, 1.807) is 55.4 Å². The van der Waals surface area contributed by atoms with Crippen LogP contribution in [0.2, 0.25) is 0 Å². The van der Waals surface area contributed by atoms with Gasteiger partial charge in [-0.3, -0.25) is 5.32 Å². The van der Waals surface area contributed by atoms with Crippen LogP contribution in [0, 0.1) is 0 Å². The highest BCUT2D eigenvalue weighted by molar-refractivity contribution is 5.66. The summed E-state index contributed by atoms with van der Waals surface area (Å²) in [6.45, 7) is 6.19. The number of aromatic nitrogens is 9. The number of rotatable bonds is 2. The number of ether oxygens (including phenoxy) is 1. The molecule has 15 nitrogen and oxygen atoms in total. The SMILES string of the molecule is C1COCN1.C=CCc1conn1.c1cnc2ncncc2n1.c1cnoc1.c1cnoc1.c1cocn1. The lowest BCUT2D eigenvalue weighted by molar-refractivity contribution is 0.194. The first kappa shape index (κ1) is 29.1. The summed E-state index contributed by atoms with van der Waals surface area (Å²) in [5, 5.41) is 16.6. The van der Waals surface area contributed by atoms with E-state index in [4.69, 9.17) is 4.74 Å². The molecule has 0 aromatic carbocycles. The summed E-state index contributed by atoms with van der Waals surface area (Å²) in [6.07, 6.45) is 21.0. The standard InChI is InChI=1S/C6H4N4.C5H6N2O.C3H7NO.3C3H3NO/c1-2-9-6-5(8-1)3-7-4-10-6;1-2-3-5-4-8-7-6-5;2*1-2-5-3-4-1;2*1-2-4-5-3-1/h1-4H;2,4H,1,3H2;4H,1-3H2;3*1-3H. The molecule has 0 saturated carbocycles. The minimum absolute atomic E-state index is 0.637. The van der Waals surface area contributed by atoms with Gasteiger partial charge in [-0.05, 0) is 12.1 Å². The predicted octanol–water partition coefficient (Wildman–Crippen LogP) is 2.81. The molecule has 1 aliphatic heterocycles. The summed E-state index contributed by atoms with van der Waals surface area (Å²) in [5.74, 6) is 0. The van der Waals surface area contributed by atoms with Crippen molar-refractivity contribution >= 4 is 11.2 Å². The topological polar surface area (TPSA) is 190 Å². The van der Waals surface area contributed by atoms with Gasteiger partial charge in [0.2, 0.25) is 0 Å². The maximum absolute atomic E-state index is 4.83. The average molecular weight is 523 g/mol. The van der Waals surface area contributed by atoms with Crippen molar-refractivity contribution in [1.82, 2.24) is 50.9 Å². The highest BCUT2D eigenvalue weighted by Gasteiger charge is 1.92. The second-order valence-electron chi connectivity index (χ2n) is 6.28. The van der Waals surface area contributed by atoms with E-state index in [1.807, 2.05) is 0 Å². The quantitative estimate of drug-likeness (QED) is 0.326. The van der Waals surface area contributed by atoms with E-state index < -0.39 is 0 Å². The van der Waals surface area contributed by atoms with Crippen molar-refractivity contribution in [2.75, 3.05) is 19.9 Å². The number of allylic oxidation sites excluding steroid dienone is 1. The highest BCUT2D eigenvalue weighted by Crippen LogP contribution is 1.98. The van der Waals surface area contributed by atoms with Crippen LogP contribution >= 0.6 is 0 Å². The Labute approximate surface area is 217 Å². The third-order valence-corrected chi connectivity index (χ3v) is 3.58. The normalized spacial score (nSPS) is 10.8. The van der Waals surface area contributed by atoms with E-state index in [-0.39, 0.29) is 0 Å². The Hall–Kier alpha value is -5.15. The lowest BCUT2D eigenvalue weighted by Crippen LogP contribution is -2.05. The van der Waals surface area contributed by atoms with Gasteiger partial charge in [0.15, 0.2) is 12.0 Å². The molecule has 1 aliphatic rings. The van der Waals surface area contributed by atoms with Gasteiger partial charge >= 0.3 is 0 Å². The summed E-state index contributed by atoms with van der Waals surface area (Å²) in [4.78, 5) is 19.2. The van der Waals surface area contributed by atoms with Crippen molar-refractivity contribution in [2.24, 2.45) is 0 Å². The Morgan fingerprint density at radius 1 is 0.895 bits per heavy atom. The average Bonchev–Trinajstić information content (AvgIpc) is 3.84. The second kappa shape index (κ2) is 21.2. The molecule has 0 unspecified atom stereocenters. The molecule has 0 aliphatic carbocycles. The molecule has 6 aromatic rings. The van der Waals surface area contributed by atoms with Gasteiger partial charge in [0.25, 0.3) is 0 Å². The molecule has 6 aromatic heterocycles. The van der Waals surface area contributed by atoms with Crippen LogP contribution in [0.15, 0.2) is 118 Å². The van der Waals surface area contributed by atoms with Crippen molar-refractivity contribution in [1.29, 1.82) is 0 Å². The van der Waals surface area contributed by atoms with Crippen LogP contribution in [0.4, 0.5) is 0 Å². The molecule has 0 bridgehead atoms. The summed E-state index contributed by atoms with van der Waals surface area (Å²) >= 11 is 0. The molecular weight excluding hydrogens is 496 g/mol. The number of hydrogen-bond donors (Lipinski definition) is 1. The second-order valence-corrected chi connectivity index (χ2v) is 6.28. The van der Waals surface area contributed by atoms with Gasteiger partial charge in [-0.25, -0.2) is 24.9 Å². The number of fused-ring (bicyclic) bond motifs is 1. The molecule has 38 heavy (non-hydrogen) atoms. The third-order valence-electron chi connectivity index (χ3n) is 3.58. The fourth-order valence-corrected chi connectivity index (χ4v) is 2.03. The lowest BCUT2D eigenvalue weighted by Gasteiger charge is -1.89. The molecule has 0 atom stereocenters. The van der Waals surface area contributed by atoms with Crippen LogP contribution in [-0.2, 0) is 11.2 Å². The zero-order chi connectivity index (χ0) is 26.8. The first-order valence-electron chi connectivity index (χ1n) is 10.9. The monoisotopic (exact) mass is 522 g/mol. The summed E-state index contributed by atoms with van der Waals surface area (Å²) < 4.78 is 22.4. The van der Waals surface area contributed by atoms with Crippen molar-refractivity contribution in [3.8, 4) is 0 Å². The van der Waals surface area contributed by atoms with Gasteiger partial charge in [-0.2, -0.15) is 0 Å². The van der Waals surface area contributed by atoms with Gasteiger partial charge in [-0.15, -0.1) is 11.7 Å². The smallest absolute Gasteiger partial charge is 0.181 e. The Balaban J connectivity index is 0.000000165. The van der Waals surface area contributed by atoms with E-state index in [2.05, 4.69) is 75.5 Å². The van der Waals surface area contributed by atoms with Crippen LogP contribution in [0.25, 0.3) is 11.2 Å². The van der Waals surface area contributed by atoms with E-state index in [9.17, 15) is 0 Å². The third kappa shape index (κ3) is 15.0. The molecule has 7 rings (SSSR count). The van der Waals surface area contributed by atoms with E-state index >= 15 is 0 Å². The Bertz CT molecular complexity index is 1060. The minimum Gasteiger partial charge on any atom is -0.452 e. The van der Waals surface area contributed by atoms with Crippen molar-refractivity contribution in [3.63, 3.8) is 0 Å². The molecule has 15 heteroatoms.